The van der Waals surface area contributed by atoms with Gasteiger partial charge in [0.15, 0.2) is 0 Å². The largest absolute Gasteiger partial charge is 0.308 e. The summed E-state index contributed by atoms with van der Waals surface area (Å²) in [5.41, 5.74) is 1.71. The number of rotatable bonds is 5. The molecule has 1 aromatic carbocycles. The average molecular weight is 298 g/mol. The molecular weight excluding hydrogens is 279 g/mol. The van der Waals surface area contributed by atoms with Crippen LogP contribution in [0.25, 0.3) is 10.9 Å². The Morgan fingerprint density at radius 2 is 2.09 bits per heavy atom. The van der Waals surface area contributed by atoms with Crippen LogP contribution in [-0.2, 0) is 6.54 Å². The van der Waals surface area contributed by atoms with Crippen molar-refractivity contribution < 1.29 is 4.39 Å². The van der Waals surface area contributed by atoms with Crippen molar-refractivity contribution in [3.05, 3.63) is 60.3 Å². The van der Waals surface area contributed by atoms with Crippen molar-refractivity contribution in [1.82, 2.24) is 20.1 Å². The number of fused-ring (bicyclic) bond motifs is 1. The SMILES string of the molecule is C[C@@H](NCc1cc(F)cc2cccnc12)[C@H](C)n1cccn1. The first kappa shape index (κ1) is 14.7. The number of halogens is 1. The molecule has 3 rings (SSSR count). The molecule has 0 aliphatic rings. The number of benzene rings is 1. The number of aromatic nitrogens is 3. The van der Waals surface area contributed by atoms with Gasteiger partial charge in [0.2, 0.25) is 0 Å². The van der Waals surface area contributed by atoms with Gasteiger partial charge in [-0.05, 0) is 43.7 Å². The standard InChI is InChI=1S/C17H19FN4/c1-12(13(2)22-8-4-7-21-22)20-11-15-10-16(18)9-14-5-3-6-19-17(14)15/h3-10,12-13,20H,11H2,1-2H3/t12-,13+/m1/s1. The summed E-state index contributed by atoms with van der Waals surface area (Å²) in [7, 11) is 0. The summed E-state index contributed by atoms with van der Waals surface area (Å²) in [6, 6.07) is 9.08. The summed E-state index contributed by atoms with van der Waals surface area (Å²) in [4.78, 5) is 4.37. The van der Waals surface area contributed by atoms with Crippen LogP contribution in [0.15, 0.2) is 48.9 Å². The lowest BCUT2D eigenvalue weighted by Crippen LogP contribution is -2.33. The van der Waals surface area contributed by atoms with Gasteiger partial charge in [0.1, 0.15) is 5.82 Å². The lowest BCUT2D eigenvalue weighted by Gasteiger charge is -2.22. The molecule has 2 aromatic heterocycles. The summed E-state index contributed by atoms with van der Waals surface area (Å²) in [5.74, 6) is -0.231. The van der Waals surface area contributed by atoms with Crippen LogP contribution in [0.4, 0.5) is 4.39 Å². The molecule has 1 N–H and O–H groups in total. The molecule has 0 saturated carbocycles. The highest BCUT2D eigenvalue weighted by Crippen LogP contribution is 2.19. The van der Waals surface area contributed by atoms with E-state index in [4.69, 9.17) is 0 Å². The van der Waals surface area contributed by atoms with E-state index in [1.54, 1.807) is 18.5 Å². The molecule has 0 radical (unpaired) electrons. The maximum atomic E-state index is 13.7. The third kappa shape index (κ3) is 2.99. The lowest BCUT2D eigenvalue weighted by molar-refractivity contribution is 0.365. The number of pyridine rings is 1. The first-order valence-corrected chi connectivity index (χ1v) is 7.41. The smallest absolute Gasteiger partial charge is 0.124 e. The Labute approximate surface area is 129 Å². The quantitative estimate of drug-likeness (QED) is 0.786. The van der Waals surface area contributed by atoms with Gasteiger partial charge in [-0.2, -0.15) is 5.10 Å². The maximum absolute atomic E-state index is 13.7. The predicted molar refractivity (Wildman–Crippen MR) is 84.9 cm³/mol. The fourth-order valence-electron chi connectivity index (χ4n) is 2.55. The summed E-state index contributed by atoms with van der Waals surface area (Å²) in [6.07, 6.45) is 5.45. The van der Waals surface area contributed by atoms with Crippen molar-refractivity contribution in [1.29, 1.82) is 0 Å². The molecule has 0 aliphatic heterocycles. The van der Waals surface area contributed by atoms with E-state index in [-0.39, 0.29) is 17.9 Å². The molecular formula is C17H19FN4. The Morgan fingerprint density at radius 3 is 2.86 bits per heavy atom. The van der Waals surface area contributed by atoms with Crippen molar-refractivity contribution in [3.8, 4) is 0 Å². The molecule has 2 heterocycles. The van der Waals surface area contributed by atoms with Crippen LogP contribution >= 0.6 is 0 Å². The van der Waals surface area contributed by atoms with E-state index >= 15 is 0 Å². The Morgan fingerprint density at radius 1 is 1.23 bits per heavy atom. The van der Waals surface area contributed by atoms with Crippen molar-refractivity contribution in [2.75, 3.05) is 0 Å². The van der Waals surface area contributed by atoms with Gasteiger partial charge in [-0.1, -0.05) is 6.07 Å². The van der Waals surface area contributed by atoms with Gasteiger partial charge in [-0.15, -0.1) is 0 Å². The van der Waals surface area contributed by atoms with E-state index in [0.29, 0.717) is 6.54 Å². The van der Waals surface area contributed by atoms with E-state index in [0.717, 1.165) is 16.5 Å². The van der Waals surface area contributed by atoms with E-state index in [1.807, 2.05) is 29.1 Å². The molecule has 0 fully saturated rings. The van der Waals surface area contributed by atoms with Crippen LogP contribution in [0, 0.1) is 5.82 Å². The number of nitrogens with one attached hydrogen (secondary N) is 1. The minimum absolute atomic E-state index is 0.196. The topological polar surface area (TPSA) is 42.7 Å². The summed E-state index contributed by atoms with van der Waals surface area (Å²) in [6.45, 7) is 4.77. The Balaban J connectivity index is 1.76. The highest BCUT2D eigenvalue weighted by Gasteiger charge is 2.14. The van der Waals surface area contributed by atoms with Gasteiger partial charge in [-0.3, -0.25) is 9.67 Å². The second-order valence-corrected chi connectivity index (χ2v) is 5.54. The van der Waals surface area contributed by atoms with Crippen LogP contribution in [-0.4, -0.2) is 20.8 Å². The Bertz CT molecular complexity index is 754. The minimum Gasteiger partial charge on any atom is -0.308 e. The van der Waals surface area contributed by atoms with Crippen molar-refractivity contribution >= 4 is 10.9 Å². The highest BCUT2D eigenvalue weighted by molar-refractivity contribution is 5.81. The van der Waals surface area contributed by atoms with Crippen LogP contribution in [0.3, 0.4) is 0 Å². The number of hydrogen-bond acceptors (Lipinski definition) is 3. The van der Waals surface area contributed by atoms with Crippen molar-refractivity contribution in [2.24, 2.45) is 0 Å². The molecule has 0 aliphatic carbocycles. The lowest BCUT2D eigenvalue weighted by atomic mass is 10.1. The molecule has 0 saturated heterocycles. The third-order valence-corrected chi connectivity index (χ3v) is 4.03. The van der Waals surface area contributed by atoms with Crippen molar-refractivity contribution in [3.63, 3.8) is 0 Å². The van der Waals surface area contributed by atoms with Crippen LogP contribution in [0.5, 0.6) is 0 Å². The molecule has 0 amide bonds. The van der Waals surface area contributed by atoms with E-state index in [1.165, 1.54) is 6.07 Å². The molecule has 114 valence electrons. The van der Waals surface area contributed by atoms with E-state index < -0.39 is 0 Å². The second-order valence-electron chi connectivity index (χ2n) is 5.54. The summed E-state index contributed by atoms with van der Waals surface area (Å²) in [5, 5.41) is 8.53. The summed E-state index contributed by atoms with van der Waals surface area (Å²) >= 11 is 0. The monoisotopic (exact) mass is 298 g/mol. The number of hydrogen-bond donors (Lipinski definition) is 1. The molecule has 22 heavy (non-hydrogen) atoms. The van der Waals surface area contributed by atoms with Crippen LogP contribution in [0.2, 0.25) is 0 Å². The van der Waals surface area contributed by atoms with Crippen LogP contribution in [0.1, 0.15) is 25.5 Å². The van der Waals surface area contributed by atoms with Gasteiger partial charge >= 0.3 is 0 Å². The molecule has 0 bridgehead atoms. The molecule has 4 nitrogen and oxygen atoms in total. The first-order chi connectivity index (χ1) is 10.6. The average Bonchev–Trinajstić information content (AvgIpc) is 3.05. The van der Waals surface area contributed by atoms with E-state index in [9.17, 15) is 4.39 Å². The molecule has 3 aromatic rings. The maximum Gasteiger partial charge on any atom is 0.124 e. The van der Waals surface area contributed by atoms with Gasteiger partial charge in [-0.25, -0.2) is 4.39 Å². The van der Waals surface area contributed by atoms with Gasteiger partial charge < -0.3 is 5.32 Å². The van der Waals surface area contributed by atoms with Gasteiger partial charge in [0.05, 0.1) is 11.6 Å². The number of nitrogens with zero attached hydrogens (tertiary/aromatic N) is 3. The minimum atomic E-state index is -0.231. The van der Waals surface area contributed by atoms with Crippen molar-refractivity contribution in [2.45, 2.75) is 32.5 Å². The van der Waals surface area contributed by atoms with Crippen LogP contribution < -0.4 is 5.32 Å². The zero-order valence-electron chi connectivity index (χ0n) is 12.7. The summed E-state index contributed by atoms with van der Waals surface area (Å²) < 4.78 is 15.7. The Hall–Kier alpha value is -2.27. The Kier molecular flexibility index (Phi) is 4.15. The first-order valence-electron chi connectivity index (χ1n) is 7.41. The zero-order chi connectivity index (χ0) is 15.5. The molecule has 0 unspecified atom stereocenters. The second kappa shape index (κ2) is 6.23. The van der Waals surface area contributed by atoms with Gasteiger partial charge in [0.25, 0.3) is 0 Å². The molecule has 5 heteroatoms. The van der Waals surface area contributed by atoms with E-state index in [2.05, 4.69) is 29.2 Å². The fraction of sp³-hybridized carbons (Fsp3) is 0.294. The fourth-order valence-corrected chi connectivity index (χ4v) is 2.55. The highest BCUT2D eigenvalue weighted by atomic mass is 19.1. The zero-order valence-corrected chi connectivity index (χ0v) is 12.7. The predicted octanol–water partition coefficient (Wildman–Crippen LogP) is 3.31. The normalized spacial score (nSPS) is 14.1. The third-order valence-electron chi connectivity index (χ3n) is 4.03. The van der Waals surface area contributed by atoms with Gasteiger partial charge in [0, 0.05) is 36.6 Å². The molecule has 0 spiro atoms. The molecule has 2 atom stereocenters.